The molecule has 0 aromatic heterocycles. The highest BCUT2D eigenvalue weighted by atomic mass is 16.5. The van der Waals surface area contributed by atoms with Gasteiger partial charge in [0.05, 0.1) is 6.21 Å². The monoisotopic (exact) mass is 380 g/mol. The van der Waals surface area contributed by atoms with Gasteiger partial charge in [0.2, 0.25) is 0 Å². The Morgan fingerprint density at radius 3 is 2.28 bits per heavy atom. The lowest BCUT2D eigenvalue weighted by Crippen LogP contribution is -2.24. The Morgan fingerprint density at radius 1 is 0.793 bits per heavy atom. The number of carbonyl (C=O) groups is 1. The van der Waals surface area contributed by atoms with Crippen molar-refractivity contribution in [3.63, 3.8) is 0 Å². The molecule has 0 fully saturated rings. The van der Waals surface area contributed by atoms with Gasteiger partial charge in [0.25, 0.3) is 5.91 Å². The normalized spacial score (nSPS) is 10.9. The topological polar surface area (TPSA) is 50.7 Å². The van der Waals surface area contributed by atoms with Crippen LogP contribution in [-0.2, 0) is 4.79 Å². The van der Waals surface area contributed by atoms with E-state index in [1.807, 2.05) is 78.9 Å². The lowest BCUT2D eigenvalue weighted by molar-refractivity contribution is -0.123. The van der Waals surface area contributed by atoms with Crippen LogP contribution >= 0.6 is 0 Å². The Hall–Kier alpha value is -3.92. The second-order valence-electron chi connectivity index (χ2n) is 6.58. The van der Waals surface area contributed by atoms with Crippen LogP contribution in [0.3, 0.4) is 0 Å². The summed E-state index contributed by atoms with van der Waals surface area (Å²) in [6.07, 6.45) is 1.62. The molecule has 142 valence electrons. The second-order valence-corrected chi connectivity index (χ2v) is 6.58. The summed E-state index contributed by atoms with van der Waals surface area (Å²) in [7, 11) is 0. The van der Waals surface area contributed by atoms with E-state index in [0.29, 0.717) is 5.75 Å². The maximum atomic E-state index is 12.0. The predicted octanol–water partition coefficient (Wildman–Crippen LogP) is 5.04. The smallest absolute Gasteiger partial charge is 0.277 e. The number of rotatable bonds is 6. The van der Waals surface area contributed by atoms with E-state index in [0.717, 1.165) is 22.1 Å². The van der Waals surface area contributed by atoms with Crippen LogP contribution in [0.4, 0.5) is 0 Å². The molecule has 4 heteroatoms. The minimum Gasteiger partial charge on any atom is -0.484 e. The highest BCUT2D eigenvalue weighted by Gasteiger charge is 2.02. The van der Waals surface area contributed by atoms with Gasteiger partial charge in [0, 0.05) is 0 Å². The van der Waals surface area contributed by atoms with Crippen LogP contribution in [0.5, 0.6) is 5.75 Å². The van der Waals surface area contributed by atoms with Gasteiger partial charge in [-0.05, 0) is 45.7 Å². The molecule has 29 heavy (non-hydrogen) atoms. The first-order valence-corrected chi connectivity index (χ1v) is 9.37. The Balaban J connectivity index is 1.29. The van der Waals surface area contributed by atoms with Gasteiger partial charge >= 0.3 is 0 Å². The van der Waals surface area contributed by atoms with Gasteiger partial charge < -0.3 is 4.74 Å². The molecule has 4 nitrogen and oxygen atoms in total. The summed E-state index contributed by atoms with van der Waals surface area (Å²) in [5.41, 5.74) is 5.65. The number of amides is 1. The molecule has 0 saturated carbocycles. The van der Waals surface area contributed by atoms with Gasteiger partial charge in [-0.25, -0.2) is 5.43 Å². The zero-order valence-corrected chi connectivity index (χ0v) is 15.8. The predicted molar refractivity (Wildman–Crippen MR) is 117 cm³/mol. The van der Waals surface area contributed by atoms with Crippen molar-refractivity contribution in [2.24, 2.45) is 5.10 Å². The number of benzene rings is 4. The molecule has 4 aromatic carbocycles. The van der Waals surface area contributed by atoms with Crippen LogP contribution in [0.1, 0.15) is 5.56 Å². The van der Waals surface area contributed by atoms with Crippen molar-refractivity contribution in [3.8, 4) is 16.9 Å². The number of hydrogen-bond donors (Lipinski definition) is 1. The summed E-state index contributed by atoms with van der Waals surface area (Å²) < 4.78 is 5.53. The molecular weight excluding hydrogens is 360 g/mol. The fourth-order valence-electron chi connectivity index (χ4n) is 3.02. The van der Waals surface area contributed by atoms with E-state index in [1.54, 1.807) is 6.21 Å². The quantitative estimate of drug-likeness (QED) is 0.376. The highest BCUT2D eigenvalue weighted by Crippen LogP contribution is 2.22. The van der Waals surface area contributed by atoms with Crippen LogP contribution in [0.15, 0.2) is 102 Å². The van der Waals surface area contributed by atoms with E-state index in [1.165, 1.54) is 5.39 Å². The zero-order chi connectivity index (χ0) is 19.9. The molecule has 1 amide bonds. The summed E-state index contributed by atoms with van der Waals surface area (Å²) in [5.74, 6) is 0.326. The molecule has 0 bridgehead atoms. The number of nitrogens with zero attached hydrogens (tertiary/aromatic N) is 1. The van der Waals surface area contributed by atoms with Crippen LogP contribution in [-0.4, -0.2) is 18.7 Å². The average Bonchev–Trinajstić information content (AvgIpc) is 2.78. The Morgan fingerprint density at radius 2 is 1.48 bits per heavy atom. The molecule has 0 aliphatic heterocycles. The third-order valence-electron chi connectivity index (χ3n) is 4.51. The maximum absolute atomic E-state index is 12.0. The van der Waals surface area contributed by atoms with Gasteiger partial charge in [-0.3, -0.25) is 4.79 Å². The zero-order valence-electron chi connectivity index (χ0n) is 15.8. The number of carbonyl (C=O) groups excluding carboxylic acids is 1. The number of ether oxygens (including phenoxy) is 1. The van der Waals surface area contributed by atoms with Crippen molar-refractivity contribution in [2.75, 3.05) is 6.61 Å². The molecule has 0 aliphatic rings. The van der Waals surface area contributed by atoms with Crippen molar-refractivity contribution >= 4 is 22.9 Å². The summed E-state index contributed by atoms with van der Waals surface area (Å²) in [6.45, 7) is -0.0975. The van der Waals surface area contributed by atoms with Crippen LogP contribution in [0.25, 0.3) is 21.9 Å². The maximum Gasteiger partial charge on any atom is 0.277 e. The summed E-state index contributed by atoms with van der Waals surface area (Å²) in [6, 6.07) is 31.9. The van der Waals surface area contributed by atoms with E-state index in [-0.39, 0.29) is 12.5 Å². The van der Waals surface area contributed by atoms with Crippen molar-refractivity contribution in [1.29, 1.82) is 0 Å². The van der Waals surface area contributed by atoms with Crippen LogP contribution < -0.4 is 10.2 Å². The molecule has 0 radical (unpaired) electrons. The highest BCUT2D eigenvalue weighted by molar-refractivity contribution is 5.90. The lowest BCUT2D eigenvalue weighted by atomic mass is 10.1. The van der Waals surface area contributed by atoms with Crippen LogP contribution in [0.2, 0.25) is 0 Å². The fraction of sp³-hybridized carbons (Fsp3) is 0.0400. The van der Waals surface area contributed by atoms with Gasteiger partial charge in [0.15, 0.2) is 6.61 Å². The van der Waals surface area contributed by atoms with Gasteiger partial charge in [-0.15, -0.1) is 0 Å². The molecule has 0 heterocycles. The van der Waals surface area contributed by atoms with E-state index in [4.69, 9.17) is 4.74 Å². The van der Waals surface area contributed by atoms with Crippen LogP contribution in [0, 0.1) is 0 Å². The minimum absolute atomic E-state index is 0.0975. The third kappa shape index (κ3) is 4.87. The fourth-order valence-corrected chi connectivity index (χ4v) is 3.02. The number of nitrogens with one attached hydrogen (secondary N) is 1. The Bertz CT molecular complexity index is 1140. The molecule has 4 rings (SSSR count). The molecule has 0 spiro atoms. The molecule has 0 unspecified atom stereocenters. The summed E-state index contributed by atoms with van der Waals surface area (Å²) in [4.78, 5) is 12.0. The summed E-state index contributed by atoms with van der Waals surface area (Å²) in [5, 5.41) is 6.31. The van der Waals surface area contributed by atoms with Crippen molar-refractivity contribution in [3.05, 3.63) is 103 Å². The first kappa shape index (κ1) is 18.4. The van der Waals surface area contributed by atoms with Gasteiger partial charge in [0.1, 0.15) is 5.75 Å². The van der Waals surface area contributed by atoms with E-state index in [2.05, 4.69) is 28.7 Å². The summed E-state index contributed by atoms with van der Waals surface area (Å²) >= 11 is 0. The van der Waals surface area contributed by atoms with Crippen molar-refractivity contribution in [2.45, 2.75) is 0 Å². The van der Waals surface area contributed by atoms with E-state index >= 15 is 0 Å². The Kier molecular flexibility index (Phi) is 5.63. The molecule has 1 N–H and O–H groups in total. The van der Waals surface area contributed by atoms with Crippen molar-refractivity contribution < 1.29 is 9.53 Å². The Labute approximate surface area is 169 Å². The van der Waals surface area contributed by atoms with E-state index in [9.17, 15) is 4.79 Å². The molecular formula is C25H20N2O2. The number of fused-ring (bicyclic) bond motifs is 1. The van der Waals surface area contributed by atoms with Gasteiger partial charge in [-0.1, -0.05) is 78.9 Å². The largest absolute Gasteiger partial charge is 0.484 e. The molecule has 0 atom stereocenters. The SMILES string of the molecule is O=C(COc1ccc(-c2ccccc2)cc1)N/N=C/c1ccc2ccccc2c1. The average molecular weight is 380 g/mol. The van der Waals surface area contributed by atoms with Crippen molar-refractivity contribution in [1.82, 2.24) is 5.43 Å². The first-order valence-electron chi connectivity index (χ1n) is 9.37. The minimum atomic E-state index is -0.311. The van der Waals surface area contributed by atoms with E-state index < -0.39 is 0 Å². The standard InChI is InChI=1S/C25H20N2O2/c28-25(27-26-17-19-10-11-21-8-4-5-9-23(21)16-19)18-29-24-14-12-22(13-15-24)20-6-2-1-3-7-20/h1-17H,18H2,(H,27,28)/b26-17+. The number of hydrazone groups is 1. The second kappa shape index (κ2) is 8.85. The molecule has 4 aromatic rings. The first-order chi connectivity index (χ1) is 14.3. The molecule has 0 aliphatic carbocycles. The number of hydrogen-bond acceptors (Lipinski definition) is 3. The third-order valence-corrected chi connectivity index (χ3v) is 4.51. The molecule has 0 saturated heterocycles. The van der Waals surface area contributed by atoms with Gasteiger partial charge in [-0.2, -0.15) is 5.10 Å². The lowest BCUT2D eigenvalue weighted by Gasteiger charge is -2.06.